The summed E-state index contributed by atoms with van der Waals surface area (Å²) in [4.78, 5) is 28.9. The van der Waals surface area contributed by atoms with Crippen LogP contribution in [-0.4, -0.2) is 25.5 Å². The van der Waals surface area contributed by atoms with Gasteiger partial charge in [-0.3, -0.25) is 4.79 Å². The Morgan fingerprint density at radius 3 is 2.68 bits per heavy atom. The molecule has 0 unspecified atom stereocenters. The molecular formula is C16H12N4O3S2. The molecule has 0 N–H and O–H groups in total. The minimum Gasteiger partial charge on any atom is -0.390 e. The molecule has 1 aliphatic carbocycles. The summed E-state index contributed by atoms with van der Waals surface area (Å²) in [5.41, 5.74) is 0.990. The van der Waals surface area contributed by atoms with E-state index in [0.29, 0.717) is 6.42 Å². The van der Waals surface area contributed by atoms with Crippen LogP contribution in [-0.2, 0) is 4.79 Å². The van der Waals surface area contributed by atoms with Crippen molar-refractivity contribution in [3.05, 3.63) is 67.3 Å². The van der Waals surface area contributed by atoms with Crippen LogP contribution in [0.2, 0.25) is 0 Å². The van der Waals surface area contributed by atoms with Gasteiger partial charge in [0.2, 0.25) is 6.33 Å². The summed E-state index contributed by atoms with van der Waals surface area (Å²) < 4.78 is 1.33. The number of hydrogen-bond acceptors (Lipinski definition) is 7. The molecule has 4 rings (SSSR count). The number of allylic oxidation sites excluding steroid dienone is 2. The summed E-state index contributed by atoms with van der Waals surface area (Å²) >= 11 is 3.17. The van der Waals surface area contributed by atoms with E-state index < -0.39 is 16.9 Å². The Morgan fingerprint density at radius 2 is 2.04 bits per heavy atom. The molecule has 0 amide bonds. The highest BCUT2D eigenvalue weighted by molar-refractivity contribution is 7.11. The zero-order valence-electron chi connectivity index (χ0n) is 12.8. The molecule has 0 bridgehead atoms. The van der Waals surface area contributed by atoms with Gasteiger partial charge in [0, 0.05) is 20.8 Å². The Kier molecular flexibility index (Phi) is 4.02. The lowest BCUT2D eigenvalue weighted by molar-refractivity contribution is -0.394. The standard InChI is InChI=1S/C16H12N4O3S2/c21-12-8-10(13-3-1-5-24-13)7-11(14-4-2-6-25-14)15(12)19-9-17-16(18-19)20(22)23/h1-6,8-9,11,15H,7H2/t11-,15-/m1/s1. The van der Waals surface area contributed by atoms with Crippen LogP contribution in [0.1, 0.15) is 28.1 Å². The first-order valence-corrected chi connectivity index (χ1v) is 9.26. The molecule has 25 heavy (non-hydrogen) atoms. The molecule has 3 heterocycles. The number of ketones is 1. The third kappa shape index (κ3) is 2.92. The zero-order chi connectivity index (χ0) is 17.4. The second-order valence-electron chi connectivity index (χ2n) is 5.60. The topological polar surface area (TPSA) is 90.9 Å². The van der Waals surface area contributed by atoms with Gasteiger partial charge in [-0.25, -0.2) is 0 Å². The first-order valence-electron chi connectivity index (χ1n) is 7.50. The molecule has 3 aromatic rings. The van der Waals surface area contributed by atoms with Gasteiger partial charge in [0.25, 0.3) is 0 Å². The molecule has 1 aliphatic rings. The molecule has 0 fully saturated rings. The van der Waals surface area contributed by atoms with Crippen LogP contribution in [0.15, 0.2) is 47.4 Å². The number of carbonyl (C=O) groups excluding carboxylic acids is 1. The maximum Gasteiger partial charge on any atom is 0.490 e. The van der Waals surface area contributed by atoms with Crippen molar-refractivity contribution in [3.63, 3.8) is 0 Å². The Bertz CT molecular complexity index is 944. The number of rotatable bonds is 4. The predicted octanol–water partition coefficient (Wildman–Crippen LogP) is 3.69. The fraction of sp³-hybridized carbons (Fsp3) is 0.188. The molecule has 0 saturated carbocycles. The molecule has 126 valence electrons. The van der Waals surface area contributed by atoms with Gasteiger partial charge in [0.15, 0.2) is 5.78 Å². The summed E-state index contributed by atoms with van der Waals surface area (Å²) in [7, 11) is 0. The third-order valence-corrected chi connectivity index (χ3v) is 6.07. The first-order chi connectivity index (χ1) is 12.1. The van der Waals surface area contributed by atoms with E-state index in [0.717, 1.165) is 15.3 Å². The normalized spacial score (nSPS) is 20.5. The van der Waals surface area contributed by atoms with Gasteiger partial charge in [-0.15, -0.1) is 22.7 Å². The highest BCUT2D eigenvalue weighted by atomic mass is 32.1. The van der Waals surface area contributed by atoms with Crippen LogP contribution >= 0.6 is 22.7 Å². The second-order valence-corrected chi connectivity index (χ2v) is 7.53. The molecule has 0 spiro atoms. The van der Waals surface area contributed by atoms with E-state index in [1.54, 1.807) is 28.7 Å². The van der Waals surface area contributed by atoms with Crippen LogP contribution in [0.25, 0.3) is 5.57 Å². The molecule has 2 atom stereocenters. The Balaban J connectivity index is 1.77. The predicted molar refractivity (Wildman–Crippen MR) is 94.7 cm³/mol. The number of carbonyl (C=O) groups is 1. The molecule has 7 nitrogen and oxygen atoms in total. The molecule has 0 aromatic carbocycles. The van der Waals surface area contributed by atoms with Crippen LogP contribution < -0.4 is 0 Å². The van der Waals surface area contributed by atoms with Crippen LogP contribution in [0, 0.1) is 10.1 Å². The highest BCUT2D eigenvalue weighted by Crippen LogP contribution is 2.44. The van der Waals surface area contributed by atoms with Gasteiger partial charge in [0.1, 0.15) is 6.04 Å². The molecule has 0 saturated heterocycles. The minimum atomic E-state index is -0.656. The fourth-order valence-corrected chi connectivity index (χ4v) is 4.67. The van der Waals surface area contributed by atoms with Crippen LogP contribution in [0.5, 0.6) is 0 Å². The number of thiophene rings is 2. The van der Waals surface area contributed by atoms with Crippen molar-refractivity contribution >= 4 is 40.0 Å². The zero-order valence-corrected chi connectivity index (χ0v) is 14.4. The number of hydrogen-bond donors (Lipinski definition) is 0. The SMILES string of the molecule is O=C1C=C(c2cccs2)C[C@H](c2cccs2)[C@H]1n1cnc([N+](=O)[O-])n1. The highest BCUT2D eigenvalue weighted by Gasteiger charge is 2.38. The third-order valence-electron chi connectivity index (χ3n) is 4.12. The van der Waals surface area contributed by atoms with Crippen molar-refractivity contribution in [2.75, 3.05) is 0 Å². The monoisotopic (exact) mass is 372 g/mol. The van der Waals surface area contributed by atoms with E-state index >= 15 is 0 Å². The van der Waals surface area contributed by atoms with Crippen molar-refractivity contribution in [1.82, 2.24) is 14.8 Å². The lowest BCUT2D eigenvalue weighted by Gasteiger charge is -2.27. The van der Waals surface area contributed by atoms with Gasteiger partial charge >= 0.3 is 5.95 Å². The van der Waals surface area contributed by atoms with Crippen molar-refractivity contribution in [2.45, 2.75) is 18.4 Å². The average molecular weight is 372 g/mol. The maximum absolute atomic E-state index is 12.9. The largest absolute Gasteiger partial charge is 0.490 e. The van der Waals surface area contributed by atoms with Crippen LogP contribution in [0.4, 0.5) is 5.95 Å². The van der Waals surface area contributed by atoms with Gasteiger partial charge in [-0.2, -0.15) is 4.68 Å². The van der Waals surface area contributed by atoms with Gasteiger partial charge < -0.3 is 10.1 Å². The van der Waals surface area contributed by atoms with E-state index in [-0.39, 0.29) is 11.7 Å². The Labute approximate surface area is 150 Å². The van der Waals surface area contributed by atoms with Gasteiger partial charge in [0.05, 0.1) is 0 Å². The smallest absolute Gasteiger partial charge is 0.390 e. The van der Waals surface area contributed by atoms with Crippen molar-refractivity contribution < 1.29 is 9.72 Å². The number of nitrogens with zero attached hydrogens (tertiary/aromatic N) is 4. The minimum absolute atomic E-state index is 0.118. The summed E-state index contributed by atoms with van der Waals surface area (Å²) in [6, 6.07) is 7.25. The van der Waals surface area contributed by atoms with Crippen molar-refractivity contribution in [1.29, 1.82) is 0 Å². The van der Waals surface area contributed by atoms with Crippen molar-refractivity contribution in [3.8, 4) is 0 Å². The quantitative estimate of drug-likeness (QED) is 0.514. The van der Waals surface area contributed by atoms with E-state index in [9.17, 15) is 14.9 Å². The van der Waals surface area contributed by atoms with Gasteiger partial charge in [-0.05, 0) is 45.9 Å². The van der Waals surface area contributed by atoms with E-state index in [4.69, 9.17) is 0 Å². The first kappa shape index (κ1) is 15.9. The maximum atomic E-state index is 12.9. The molecule has 0 aliphatic heterocycles. The molecule has 9 heteroatoms. The molecular weight excluding hydrogens is 360 g/mol. The van der Waals surface area contributed by atoms with E-state index in [1.165, 1.54) is 11.0 Å². The van der Waals surface area contributed by atoms with E-state index in [1.807, 2.05) is 35.0 Å². The summed E-state index contributed by atoms with van der Waals surface area (Å²) in [6.45, 7) is 0. The summed E-state index contributed by atoms with van der Waals surface area (Å²) in [5, 5.41) is 18.7. The van der Waals surface area contributed by atoms with Crippen LogP contribution in [0.3, 0.4) is 0 Å². The molecule has 3 aromatic heterocycles. The van der Waals surface area contributed by atoms with Gasteiger partial charge in [-0.1, -0.05) is 17.1 Å². The number of nitro groups is 1. The average Bonchev–Trinajstić information content (AvgIpc) is 3.34. The second kappa shape index (κ2) is 6.34. The fourth-order valence-electron chi connectivity index (χ4n) is 3.05. The Hall–Kier alpha value is -2.65. The van der Waals surface area contributed by atoms with E-state index in [2.05, 4.69) is 10.1 Å². The number of aromatic nitrogens is 3. The summed E-state index contributed by atoms with van der Waals surface area (Å²) in [5.74, 6) is -0.741. The molecule has 0 radical (unpaired) electrons. The lowest BCUT2D eigenvalue weighted by atomic mass is 9.82. The lowest BCUT2D eigenvalue weighted by Crippen LogP contribution is -2.28. The Morgan fingerprint density at radius 1 is 1.24 bits per heavy atom. The van der Waals surface area contributed by atoms with Crippen molar-refractivity contribution in [2.24, 2.45) is 0 Å². The summed E-state index contributed by atoms with van der Waals surface area (Å²) in [6.07, 6.45) is 3.57.